The molecule has 0 unspecified atom stereocenters. The van der Waals surface area contributed by atoms with E-state index in [-0.39, 0.29) is 11.7 Å². The molecule has 0 aliphatic carbocycles. The van der Waals surface area contributed by atoms with Crippen molar-refractivity contribution in [3.8, 4) is 22.6 Å². The molecule has 170 valence electrons. The number of ether oxygens (including phenoxy) is 1. The largest absolute Gasteiger partial charge is 0.508 e. The lowest BCUT2D eigenvalue weighted by Crippen LogP contribution is -2.24. The molecular weight excluding hydrogens is 422 g/mol. The predicted molar refractivity (Wildman–Crippen MR) is 137 cm³/mol. The molecule has 2 N–H and O–H groups in total. The van der Waals surface area contributed by atoms with Gasteiger partial charge in [-0.2, -0.15) is 0 Å². The second-order valence-electron chi connectivity index (χ2n) is 7.97. The van der Waals surface area contributed by atoms with Crippen molar-refractivity contribution in [1.29, 1.82) is 0 Å². The van der Waals surface area contributed by atoms with Crippen LogP contribution in [0.25, 0.3) is 23.3 Å². The third-order valence-electron chi connectivity index (χ3n) is 5.62. The summed E-state index contributed by atoms with van der Waals surface area (Å²) in [7, 11) is 1.63. The van der Waals surface area contributed by atoms with Crippen molar-refractivity contribution >= 4 is 18.1 Å². The van der Waals surface area contributed by atoms with Gasteiger partial charge in [-0.05, 0) is 57.6 Å². The molecule has 4 nitrogen and oxygen atoms in total. The number of amides is 1. The van der Waals surface area contributed by atoms with Gasteiger partial charge in [-0.25, -0.2) is 0 Å². The minimum atomic E-state index is -0.0273. The molecule has 34 heavy (non-hydrogen) atoms. The second kappa shape index (κ2) is 11.0. The van der Waals surface area contributed by atoms with Gasteiger partial charge in [0.2, 0.25) is 5.91 Å². The molecule has 1 amide bonds. The zero-order valence-electron chi connectivity index (χ0n) is 19.1. The van der Waals surface area contributed by atoms with Gasteiger partial charge in [-0.3, -0.25) is 4.79 Å². The Bertz CT molecular complexity index is 1280. The van der Waals surface area contributed by atoms with Crippen LogP contribution in [0.5, 0.6) is 11.5 Å². The van der Waals surface area contributed by atoms with E-state index in [2.05, 4.69) is 29.6 Å². The molecule has 0 saturated heterocycles. The van der Waals surface area contributed by atoms with Crippen molar-refractivity contribution in [1.82, 2.24) is 5.32 Å². The van der Waals surface area contributed by atoms with Crippen molar-refractivity contribution in [2.24, 2.45) is 0 Å². The summed E-state index contributed by atoms with van der Waals surface area (Å²) in [4.78, 5) is 12.6. The number of benzene rings is 4. The highest BCUT2D eigenvalue weighted by Crippen LogP contribution is 2.29. The van der Waals surface area contributed by atoms with Gasteiger partial charge >= 0.3 is 0 Å². The fourth-order valence-corrected chi connectivity index (χ4v) is 3.78. The zero-order chi connectivity index (χ0) is 23.8. The molecule has 4 aromatic carbocycles. The maximum atomic E-state index is 12.6. The van der Waals surface area contributed by atoms with Crippen LogP contribution in [0.2, 0.25) is 0 Å². The second-order valence-corrected chi connectivity index (χ2v) is 7.97. The monoisotopic (exact) mass is 449 g/mol. The summed E-state index contributed by atoms with van der Waals surface area (Å²) in [5.74, 6) is 0.997. The predicted octanol–water partition coefficient (Wildman–Crippen LogP) is 6.10. The van der Waals surface area contributed by atoms with E-state index in [9.17, 15) is 9.90 Å². The number of carbonyl (C=O) groups excluding carboxylic acids is 1. The molecule has 0 saturated carbocycles. The van der Waals surface area contributed by atoms with E-state index < -0.39 is 0 Å². The average Bonchev–Trinajstić information content (AvgIpc) is 2.88. The van der Waals surface area contributed by atoms with Crippen molar-refractivity contribution in [3.63, 3.8) is 0 Å². The van der Waals surface area contributed by atoms with Crippen LogP contribution < -0.4 is 10.1 Å². The van der Waals surface area contributed by atoms with Crippen LogP contribution in [0.15, 0.2) is 97.1 Å². The number of carbonyl (C=O) groups is 1. The van der Waals surface area contributed by atoms with Crippen LogP contribution in [-0.2, 0) is 17.8 Å². The molecule has 4 heteroatoms. The van der Waals surface area contributed by atoms with E-state index in [0.717, 1.165) is 39.1 Å². The molecule has 0 aromatic heterocycles. The van der Waals surface area contributed by atoms with E-state index in [4.69, 9.17) is 4.74 Å². The number of methoxy groups -OCH3 is 1. The van der Waals surface area contributed by atoms with Crippen LogP contribution in [0.4, 0.5) is 0 Å². The minimum absolute atomic E-state index is 0.0273. The summed E-state index contributed by atoms with van der Waals surface area (Å²) < 4.78 is 5.18. The first-order valence-electron chi connectivity index (χ1n) is 11.2. The van der Waals surface area contributed by atoms with E-state index in [1.165, 1.54) is 0 Å². The van der Waals surface area contributed by atoms with E-state index >= 15 is 0 Å². The summed E-state index contributed by atoms with van der Waals surface area (Å²) in [5, 5.41) is 12.6. The fraction of sp³-hybridized carbons (Fsp3) is 0.100. The number of hydrogen-bond donors (Lipinski definition) is 2. The molecule has 0 fully saturated rings. The van der Waals surface area contributed by atoms with Gasteiger partial charge in [0.1, 0.15) is 11.5 Å². The first-order chi connectivity index (χ1) is 16.6. The fourth-order valence-electron chi connectivity index (χ4n) is 3.78. The lowest BCUT2D eigenvalue weighted by Gasteiger charge is -2.13. The molecule has 0 spiro atoms. The average molecular weight is 450 g/mol. The molecule has 4 rings (SSSR count). The van der Waals surface area contributed by atoms with Gasteiger partial charge in [-0.1, -0.05) is 84.9 Å². The number of nitrogens with one attached hydrogen (secondary N) is 1. The topological polar surface area (TPSA) is 58.6 Å². The normalized spacial score (nSPS) is 10.9. The first-order valence-corrected chi connectivity index (χ1v) is 11.2. The van der Waals surface area contributed by atoms with Gasteiger partial charge in [0.25, 0.3) is 0 Å². The van der Waals surface area contributed by atoms with Crippen molar-refractivity contribution in [2.45, 2.75) is 13.0 Å². The number of phenols is 1. The third kappa shape index (κ3) is 5.93. The molecule has 4 aromatic rings. The number of hydrogen-bond acceptors (Lipinski definition) is 3. The third-order valence-corrected chi connectivity index (χ3v) is 5.62. The van der Waals surface area contributed by atoms with Crippen LogP contribution >= 0.6 is 0 Å². The van der Waals surface area contributed by atoms with Crippen LogP contribution in [-0.4, -0.2) is 18.1 Å². The standard InChI is InChI=1S/C30H27NO3/c1-34-27-18-13-23(14-19-27)20-30(33)31-21-25-7-3-5-9-29(25)28-8-4-2-6-24(28)15-10-22-11-16-26(32)17-12-22/h2-19,32H,20-21H2,1H3,(H,31,33)/b15-10+. The lowest BCUT2D eigenvalue weighted by atomic mass is 9.94. The molecule has 0 radical (unpaired) electrons. The number of phenolic OH excluding ortho intramolecular Hbond substituents is 1. The van der Waals surface area contributed by atoms with Crippen molar-refractivity contribution in [2.75, 3.05) is 7.11 Å². The summed E-state index contributed by atoms with van der Waals surface area (Å²) in [6.45, 7) is 0.446. The lowest BCUT2D eigenvalue weighted by molar-refractivity contribution is -0.120. The number of rotatable bonds is 8. The molecule has 0 aliphatic rings. The van der Waals surface area contributed by atoms with E-state index in [1.54, 1.807) is 19.2 Å². The van der Waals surface area contributed by atoms with Gasteiger partial charge < -0.3 is 15.2 Å². The molecule has 0 bridgehead atoms. The zero-order valence-corrected chi connectivity index (χ0v) is 19.1. The van der Waals surface area contributed by atoms with Crippen molar-refractivity contribution < 1.29 is 14.6 Å². The van der Waals surface area contributed by atoms with Crippen LogP contribution in [0.1, 0.15) is 22.3 Å². The molecule has 0 atom stereocenters. The first kappa shape index (κ1) is 22.9. The Kier molecular flexibility index (Phi) is 7.41. The van der Waals surface area contributed by atoms with Gasteiger partial charge in [0, 0.05) is 6.54 Å². The highest BCUT2D eigenvalue weighted by molar-refractivity contribution is 5.83. The van der Waals surface area contributed by atoms with Gasteiger partial charge in [0.05, 0.1) is 13.5 Å². The van der Waals surface area contributed by atoms with E-state index in [1.807, 2.05) is 72.8 Å². The Labute approximate surface area is 200 Å². The summed E-state index contributed by atoms with van der Waals surface area (Å²) in [6, 6.07) is 31.0. The quantitative estimate of drug-likeness (QED) is 0.320. The molecular formula is C30H27NO3. The maximum absolute atomic E-state index is 12.6. The summed E-state index contributed by atoms with van der Waals surface area (Å²) in [5.41, 5.74) is 6.25. The Morgan fingerprint density at radius 2 is 1.50 bits per heavy atom. The highest BCUT2D eigenvalue weighted by atomic mass is 16.5. The van der Waals surface area contributed by atoms with Gasteiger partial charge in [0.15, 0.2) is 0 Å². The molecule has 0 aliphatic heterocycles. The van der Waals surface area contributed by atoms with Crippen LogP contribution in [0.3, 0.4) is 0 Å². The molecule has 0 heterocycles. The summed E-state index contributed by atoms with van der Waals surface area (Å²) in [6.07, 6.45) is 4.41. The SMILES string of the molecule is COc1ccc(CC(=O)NCc2ccccc2-c2ccccc2/C=C/c2ccc(O)cc2)cc1. The Morgan fingerprint density at radius 1 is 0.824 bits per heavy atom. The Balaban J connectivity index is 1.50. The highest BCUT2D eigenvalue weighted by Gasteiger charge is 2.10. The van der Waals surface area contributed by atoms with Crippen molar-refractivity contribution in [3.05, 3.63) is 119 Å². The smallest absolute Gasteiger partial charge is 0.224 e. The van der Waals surface area contributed by atoms with E-state index in [0.29, 0.717) is 13.0 Å². The van der Waals surface area contributed by atoms with Crippen LogP contribution in [0, 0.1) is 0 Å². The number of aromatic hydroxyl groups is 1. The maximum Gasteiger partial charge on any atom is 0.224 e. The Hall–Kier alpha value is -4.31. The minimum Gasteiger partial charge on any atom is -0.508 e. The summed E-state index contributed by atoms with van der Waals surface area (Å²) >= 11 is 0. The Morgan fingerprint density at radius 3 is 2.24 bits per heavy atom. The van der Waals surface area contributed by atoms with Gasteiger partial charge in [-0.15, -0.1) is 0 Å².